The van der Waals surface area contributed by atoms with E-state index in [2.05, 4.69) is 59.9 Å². The minimum atomic E-state index is 0.519. The first kappa shape index (κ1) is 18.0. The average molecular weight is 322 g/mol. The predicted molar refractivity (Wildman–Crippen MR) is 98.1 cm³/mol. The van der Waals surface area contributed by atoms with Gasteiger partial charge in [-0.1, -0.05) is 51.2 Å². The Kier molecular flexibility index (Phi) is 7.83. The van der Waals surface area contributed by atoms with Crippen molar-refractivity contribution >= 4 is 0 Å². The van der Waals surface area contributed by atoms with E-state index in [1.807, 2.05) is 0 Å². The number of hydrogen-bond acceptors (Lipinski definition) is 3. The Hall–Kier alpha value is -2.34. The van der Waals surface area contributed by atoms with E-state index in [0.29, 0.717) is 18.2 Å². The van der Waals surface area contributed by atoms with E-state index in [1.165, 1.54) is 31.2 Å². The Balaban J connectivity index is 1.88. The summed E-state index contributed by atoms with van der Waals surface area (Å²) < 4.78 is 5.60. The Labute approximate surface area is 145 Å². The van der Waals surface area contributed by atoms with Gasteiger partial charge < -0.3 is 4.74 Å². The molecule has 3 heteroatoms. The Morgan fingerprint density at radius 2 is 1.58 bits per heavy atom. The largest absolute Gasteiger partial charge is 0.490 e. The first-order valence-corrected chi connectivity index (χ1v) is 8.87. The minimum absolute atomic E-state index is 0.519. The van der Waals surface area contributed by atoms with Gasteiger partial charge in [0.15, 0.2) is 5.75 Å². The molecule has 3 nitrogen and oxygen atoms in total. The SMILES string of the molecule is CCCCCOc1cnc(C#Cc2ccc(CCCC)cc2)nc1. The molecule has 1 aromatic carbocycles. The van der Waals surface area contributed by atoms with Gasteiger partial charge in [0, 0.05) is 5.56 Å². The maximum Gasteiger partial charge on any atom is 0.205 e. The third-order valence-electron chi connectivity index (χ3n) is 3.74. The molecule has 1 heterocycles. The number of aromatic nitrogens is 2. The molecule has 1 aromatic heterocycles. The van der Waals surface area contributed by atoms with Crippen molar-refractivity contribution in [2.24, 2.45) is 0 Å². The van der Waals surface area contributed by atoms with Crippen molar-refractivity contribution in [1.82, 2.24) is 9.97 Å². The predicted octanol–water partition coefficient (Wildman–Crippen LogP) is 4.79. The molecule has 126 valence electrons. The fraction of sp³-hybridized carbons (Fsp3) is 0.429. The lowest BCUT2D eigenvalue weighted by Gasteiger charge is -2.03. The van der Waals surface area contributed by atoms with E-state index in [0.717, 1.165) is 18.4 Å². The molecule has 0 amide bonds. The first-order chi connectivity index (χ1) is 11.8. The maximum absolute atomic E-state index is 5.60. The summed E-state index contributed by atoms with van der Waals surface area (Å²) in [6, 6.07) is 8.41. The van der Waals surface area contributed by atoms with Crippen LogP contribution < -0.4 is 4.74 Å². The quantitative estimate of drug-likeness (QED) is 0.518. The van der Waals surface area contributed by atoms with Crippen LogP contribution >= 0.6 is 0 Å². The van der Waals surface area contributed by atoms with Gasteiger partial charge in [-0.25, -0.2) is 9.97 Å². The van der Waals surface area contributed by atoms with Gasteiger partial charge in [0.1, 0.15) is 0 Å². The van der Waals surface area contributed by atoms with E-state index in [4.69, 9.17) is 4.74 Å². The Morgan fingerprint density at radius 1 is 0.875 bits per heavy atom. The fourth-order valence-corrected chi connectivity index (χ4v) is 2.26. The molecule has 0 N–H and O–H groups in total. The molecule has 0 fully saturated rings. The molecule has 0 atom stereocenters. The summed E-state index contributed by atoms with van der Waals surface area (Å²) in [5, 5.41) is 0. The van der Waals surface area contributed by atoms with Gasteiger partial charge in [0.25, 0.3) is 0 Å². The zero-order valence-electron chi connectivity index (χ0n) is 14.7. The molecule has 0 bridgehead atoms. The topological polar surface area (TPSA) is 35.0 Å². The van der Waals surface area contributed by atoms with Crippen LogP contribution in [0.5, 0.6) is 5.75 Å². The molecule has 0 saturated carbocycles. The first-order valence-electron chi connectivity index (χ1n) is 8.87. The number of rotatable bonds is 8. The molecule has 0 unspecified atom stereocenters. The van der Waals surface area contributed by atoms with Crippen molar-refractivity contribution in [3.05, 3.63) is 53.6 Å². The molecule has 2 aromatic rings. The molecule has 0 radical (unpaired) electrons. The Morgan fingerprint density at radius 3 is 2.25 bits per heavy atom. The normalized spacial score (nSPS) is 10.1. The van der Waals surface area contributed by atoms with Crippen LogP contribution in [0.25, 0.3) is 0 Å². The lowest BCUT2D eigenvalue weighted by atomic mass is 10.1. The van der Waals surface area contributed by atoms with Crippen molar-refractivity contribution in [2.75, 3.05) is 6.61 Å². The maximum atomic E-state index is 5.60. The summed E-state index contributed by atoms with van der Waals surface area (Å²) >= 11 is 0. The van der Waals surface area contributed by atoms with Crippen LogP contribution in [0.15, 0.2) is 36.7 Å². The molecule has 2 rings (SSSR count). The molecular weight excluding hydrogens is 296 g/mol. The van der Waals surface area contributed by atoms with Crippen LogP contribution in [0.3, 0.4) is 0 Å². The highest BCUT2D eigenvalue weighted by Gasteiger charge is 1.97. The second-order valence-electron chi connectivity index (χ2n) is 5.85. The van der Waals surface area contributed by atoms with Crippen LogP contribution in [0.1, 0.15) is 62.9 Å². The molecule has 0 aliphatic heterocycles. The summed E-state index contributed by atoms with van der Waals surface area (Å²) in [5.41, 5.74) is 2.35. The second-order valence-corrected chi connectivity index (χ2v) is 5.85. The third-order valence-corrected chi connectivity index (χ3v) is 3.74. The molecule has 0 saturated heterocycles. The lowest BCUT2D eigenvalue weighted by Crippen LogP contribution is -1.99. The summed E-state index contributed by atoms with van der Waals surface area (Å²) in [6.45, 7) is 5.10. The molecule has 24 heavy (non-hydrogen) atoms. The fourth-order valence-electron chi connectivity index (χ4n) is 2.26. The van der Waals surface area contributed by atoms with Crippen LogP contribution in [0.4, 0.5) is 0 Å². The summed E-state index contributed by atoms with van der Waals surface area (Å²) in [4.78, 5) is 8.48. The highest BCUT2D eigenvalue weighted by molar-refractivity contribution is 5.39. The van der Waals surface area contributed by atoms with Crippen molar-refractivity contribution in [2.45, 2.75) is 52.4 Å². The second kappa shape index (κ2) is 10.4. The number of benzene rings is 1. The molecule has 0 aliphatic rings. The van der Waals surface area contributed by atoms with Gasteiger partial charge in [-0.3, -0.25) is 0 Å². The lowest BCUT2D eigenvalue weighted by molar-refractivity contribution is 0.304. The van der Waals surface area contributed by atoms with Crippen molar-refractivity contribution in [3.63, 3.8) is 0 Å². The van der Waals surface area contributed by atoms with Gasteiger partial charge in [-0.15, -0.1) is 0 Å². The minimum Gasteiger partial charge on any atom is -0.490 e. The van der Waals surface area contributed by atoms with Gasteiger partial charge in [0.2, 0.25) is 5.82 Å². The Bertz CT molecular complexity index is 651. The average Bonchev–Trinajstić information content (AvgIpc) is 2.64. The summed E-state index contributed by atoms with van der Waals surface area (Å²) in [5.74, 6) is 7.33. The van der Waals surface area contributed by atoms with E-state index in [9.17, 15) is 0 Å². The number of ether oxygens (including phenoxy) is 1. The smallest absolute Gasteiger partial charge is 0.205 e. The molecular formula is C21H26N2O. The zero-order chi connectivity index (χ0) is 17.0. The van der Waals surface area contributed by atoms with Crippen LogP contribution in [0.2, 0.25) is 0 Å². The van der Waals surface area contributed by atoms with E-state index < -0.39 is 0 Å². The molecule has 0 aliphatic carbocycles. The van der Waals surface area contributed by atoms with Crippen LogP contribution in [-0.4, -0.2) is 16.6 Å². The van der Waals surface area contributed by atoms with Crippen molar-refractivity contribution < 1.29 is 4.74 Å². The van der Waals surface area contributed by atoms with E-state index >= 15 is 0 Å². The van der Waals surface area contributed by atoms with Crippen LogP contribution in [0, 0.1) is 11.8 Å². The van der Waals surface area contributed by atoms with Gasteiger partial charge in [0.05, 0.1) is 19.0 Å². The van der Waals surface area contributed by atoms with Crippen LogP contribution in [-0.2, 0) is 6.42 Å². The summed E-state index contributed by atoms with van der Waals surface area (Å²) in [7, 11) is 0. The standard InChI is InChI=1S/C21H26N2O/c1-3-5-7-15-24-20-16-22-21(23-17-20)14-13-19-11-9-18(10-12-19)8-6-4-2/h9-12,16-17H,3-8,15H2,1-2H3. The monoisotopic (exact) mass is 322 g/mol. The summed E-state index contributed by atoms with van der Waals surface area (Å²) in [6.07, 6.45) is 10.4. The van der Waals surface area contributed by atoms with Gasteiger partial charge in [-0.05, 0) is 42.9 Å². The third kappa shape index (κ3) is 6.42. The van der Waals surface area contributed by atoms with Crippen molar-refractivity contribution in [3.8, 4) is 17.6 Å². The van der Waals surface area contributed by atoms with Gasteiger partial charge >= 0.3 is 0 Å². The zero-order valence-corrected chi connectivity index (χ0v) is 14.7. The molecule has 0 spiro atoms. The van der Waals surface area contributed by atoms with E-state index in [-0.39, 0.29) is 0 Å². The van der Waals surface area contributed by atoms with Crippen molar-refractivity contribution in [1.29, 1.82) is 0 Å². The number of hydrogen-bond donors (Lipinski definition) is 0. The highest BCUT2D eigenvalue weighted by atomic mass is 16.5. The number of aryl methyl sites for hydroxylation is 1. The number of nitrogens with zero attached hydrogens (tertiary/aromatic N) is 2. The number of unbranched alkanes of at least 4 members (excludes halogenated alkanes) is 3. The van der Waals surface area contributed by atoms with Gasteiger partial charge in [-0.2, -0.15) is 0 Å². The van der Waals surface area contributed by atoms with E-state index in [1.54, 1.807) is 12.4 Å². The highest BCUT2D eigenvalue weighted by Crippen LogP contribution is 2.09.